The van der Waals surface area contributed by atoms with Gasteiger partial charge in [0.05, 0.1) is 12.0 Å². The summed E-state index contributed by atoms with van der Waals surface area (Å²) in [6.45, 7) is 0. The second-order valence-electron chi connectivity index (χ2n) is 5.30. The number of hydrogen-bond donors (Lipinski definition) is 1. The predicted octanol–water partition coefficient (Wildman–Crippen LogP) is 3.29. The fourth-order valence-electron chi connectivity index (χ4n) is 2.41. The standard InChI is InChI=1S/C15H15F3N2O/c16-15(17,18)12(11-5-2-1-3-6-11)9-13(21)20-14(10-19)7-4-8-14/h1-3,5-6,12H,4,7-9H2,(H,20,21). The Morgan fingerprint density at radius 2 is 1.95 bits per heavy atom. The summed E-state index contributed by atoms with van der Waals surface area (Å²) in [7, 11) is 0. The van der Waals surface area contributed by atoms with Gasteiger partial charge in [-0.25, -0.2) is 0 Å². The number of nitrogens with zero attached hydrogens (tertiary/aromatic N) is 1. The van der Waals surface area contributed by atoms with Gasteiger partial charge in [0.1, 0.15) is 5.54 Å². The van der Waals surface area contributed by atoms with Crippen LogP contribution in [0.3, 0.4) is 0 Å². The van der Waals surface area contributed by atoms with Crippen molar-refractivity contribution in [1.82, 2.24) is 5.32 Å². The molecule has 0 bridgehead atoms. The van der Waals surface area contributed by atoms with Crippen LogP contribution in [0.15, 0.2) is 30.3 Å². The van der Waals surface area contributed by atoms with E-state index in [4.69, 9.17) is 5.26 Å². The second kappa shape index (κ2) is 5.76. The normalized spacial score (nSPS) is 18.2. The van der Waals surface area contributed by atoms with Crippen molar-refractivity contribution in [3.63, 3.8) is 0 Å². The first-order valence-electron chi connectivity index (χ1n) is 6.70. The van der Waals surface area contributed by atoms with Gasteiger partial charge in [-0.15, -0.1) is 0 Å². The predicted molar refractivity (Wildman–Crippen MR) is 70.2 cm³/mol. The molecule has 6 heteroatoms. The number of nitriles is 1. The first-order valence-corrected chi connectivity index (χ1v) is 6.70. The third-order valence-corrected chi connectivity index (χ3v) is 3.79. The Hall–Kier alpha value is -2.03. The van der Waals surface area contributed by atoms with E-state index in [1.165, 1.54) is 24.3 Å². The Morgan fingerprint density at radius 1 is 1.33 bits per heavy atom. The Bertz CT molecular complexity index is 544. The molecule has 1 saturated carbocycles. The fourth-order valence-corrected chi connectivity index (χ4v) is 2.41. The van der Waals surface area contributed by atoms with Crippen LogP contribution in [-0.2, 0) is 4.79 Å². The zero-order chi connectivity index (χ0) is 15.5. The number of rotatable bonds is 4. The van der Waals surface area contributed by atoms with E-state index >= 15 is 0 Å². The lowest BCUT2D eigenvalue weighted by Crippen LogP contribution is -2.52. The van der Waals surface area contributed by atoms with E-state index in [1.807, 2.05) is 6.07 Å². The largest absolute Gasteiger partial charge is 0.396 e. The molecule has 1 atom stereocenters. The highest BCUT2D eigenvalue weighted by Gasteiger charge is 2.44. The Labute approximate surface area is 120 Å². The quantitative estimate of drug-likeness (QED) is 0.927. The number of carbonyl (C=O) groups is 1. The Balaban J connectivity index is 2.10. The maximum absolute atomic E-state index is 13.1. The molecule has 1 amide bonds. The average molecular weight is 296 g/mol. The number of benzene rings is 1. The number of alkyl halides is 3. The fraction of sp³-hybridized carbons (Fsp3) is 0.467. The lowest BCUT2D eigenvalue weighted by Gasteiger charge is -2.36. The Kier molecular flexibility index (Phi) is 4.21. The summed E-state index contributed by atoms with van der Waals surface area (Å²) in [6.07, 6.45) is -3.40. The van der Waals surface area contributed by atoms with Gasteiger partial charge in [0.25, 0.3) is 0 Å². The lowest BCUT2D eigenvalue weighted by molar-refractivity contribution is -0.157. The van der Waals surface area contributed by atoms with Crippen molar-refractivity contribution in [2.24, 2.45) is 0 Å². The van der Waals surface area contributed by atoms with Crippen LogP contribution >= 0.6 is 0 Å². The molecule has 1 unspecified atom stereocenters. The van der Waals surface area contributed by atoms with Gasteiger partial charge in [-0.05, 0) is 24.8 Å². The van der Waals surface area contributed by atoms with Crippen molar-refractivity contribution in [1.29, 1.82) is 5.26 Å². The van der Waals surface area contributed by atoms with E-state index < -0.39 is 30.0 Å². The monoisotopic (exact) mass is 296 g/mol. The van der Waals surface area contributed by atoms with Gasteiger partial charge in [0.15, 0.2) is 0 Å². The van der Waals surface area contributed by atoms with E-state index in [0.717, 1.165) is 6.42 Å². The van der Waals surface area contributed by atoms with Crippen LogP contribution in [0, 0.1) is 11.3 Å². The lowest BCUT2D eigenvalue weighted by atomic mass is 9.78. The highest BCUT2D eigenvalue weighted by Crippen LogP contribution is 2.38. The van der Waals surface area contributed by atoms with E-state index in [2.05, 4.69) is 5.32 Å². The van der Waals surface area contributed by atoms with Gasteiger partial charge in [-0.3, -0.25) is 4.79 Å². The van der Waals surface area contributed by atoms with E-state index in [1.54, 1.807) is 6.07 Å². The first-order chi connectivity index (χ1) is 9.86. The van der Waals surface area contributed by atoms with Gasteiger partial charge in [0, 0.05) is 6.42 Å². The second-order valence-corrected chi connectivity index (χ2v) is 5.30. The van der Waals surface area contributed by atoms with Crippen molar-refractivity contribution >= 4 is 5.91 Å². The third kappa shape index (κ3) is 3.54. The van der Waals surface area contributed by atoms with Crippen molar-refractivity contribution in [3.8, 4) is 6.07 Å². The van der Waals surface area contributed by atoms with Crippen LogP contribution in [0.5, 0.6) is 0 Å². The molecule has 1 N–H and O–H groups in total. The summed E-state index contributed by atoms with van der Waals surface area (Å²) in [6, 6.07) is 9.33. The molecule has 1 aromatic carbocycles. The van der Waals surface area contributed by atoms with Crippen LogP contribution in [0.25, 0.3) is 0 Å². The summed E-state index contributed by atoms with van der Waals surface area (Å²) < 4.78 is 39.4. The molecule has 0 radical (unpaired) electrons. The molecule has 112 valence electrons. The minimum atomic E-state index is -4.50. The van der Waals surface area contributed by atoms with Crippen LogP contribution in [0.1, 0.15) is 37.2 Å². The number of carbonyl (C=O) groups excluding carboxylic acids is 1. The smallest absolute Gasteiger partial charge is 0.338 e. The molecule has 0 aliphatic heterocycles. The van der Waals surface area contributed by atoms with Crippen LogP contribution in [0.2, 0.25) is 0 Å². The molecule has 21 heavy (non-hydrogen) atoms. The minimum absolute atomic E-state index is 0.0553. The molecule has 0 heterocycles. The van der Waals surface area contributed by atoms with Crippen LogP contribution in [-0.4, -0.2) is 17.6 Å². The molecule has 2 rings (SSSR count). The molecule has 1 aliphatic carbocycles. The van der Waals surface area contributed by atoms with Crippen molar-refractivity contribution in [2.75, 3.05) is 0 Å². The van der Waals surface area contributed by atoms with Gasteiger partial charge >= 0.3 is 6.18 Å². The average Bonchev–Trinajstić information content (AvgIpc) is 2.40. The number of hydrogen-bond acceptors (Lipinski definition) is 2. The van der Waals surface area contributed by atoms with E-state index in [-0.39, 0.29) is 5.56 Å². The molecular weight excluding hydrogens is 281 g/mol. The summed E-state index contributed by atoms with van der Waals surface area (Å²) in [5.74, 6) is -2.59. The summed E-state index contributed by atoms with van der Waals surface area (Å²) in [4.78, 5) is 11.9. The highest BCUT2D eigenvalue weighted by atomic mass is 19.4. The van der Waals surface area contributed by atoms with Gasteiger partial charge in [0.2, 0.25) is 5.91 Å². The summed E-state index contributed by atoms with van der Waals surface area (Å²) in [5, 5.41) is 11.5. The van der Waals surface area contributed by atoms with Crippen molar-refractivity contribution in [3.05, 3.63) is 35.9 Å². The van der Waals surface area contributed by atoms with Crippen LogP contribution < -0.4 is 5.32 Å². The number of halogens is 3. The molecule has 0 saturated heterocycles. The van der Waals surface area contributed by atoms with Gasteiger partial charge < -0.3 is 5.32 Å². The topological polar surface area (TPSA) is 52.9 Å². The zero-order valence-corrected chi connectivity index (χ0v) is 11.3. The molecule has 1 fully saturated rings. The van der Waals surface area contributed by atoms with Crippen molar-refractivity contribution in [2.45, 2.75) is 43.3 Å². The highest BCUT2D eigenvalue weighted by molar-refractivity contribution is 5.78. The maximum Gasteiger partial charge on any atom is 0.396 e. The summed E-state index contributed by atoms with van der Waals surface area (Å²) >= 11 is 0. The molecule has 0 aromatic heterocycles. The number of amides is 1. The minimum Gasteiger partial charge on any atom is -0.338 e. The van der Waals surface area contributed by atoms with E-state index in [9.17, 15) is 18.0 Å². The first kappa shape index (κ1) is 15.4. The van der Waals surface area contributed by atoms with Crippen LogP contribution in [0.4, 0.5) is 13.2 Å². The SMILES string of the molecule is N#CC1(NC(=O)CC(c2ccccc2)C(F)(F)F)CCC1. The van der Waals surface area contributed by atoms with Gasteiger partial charge in [-0.2, -0.15) is 18.4 Å². The molecular formula is C15H15F3N2O. The molecule has 3 nitrogen and oxygen atoms in total. The zero-order valence-electron chi connectivity index (χ0n) is 11.3. The third-order valence-electron chi connectivity index (χ3n) is 3.79. The molecule has 0 spiro atoms. The van der Waals surface area contributed by atoms with Gasteiger partial charge in [-0.1, -0.05) is 30.3 Å². The summed E-state index contributed by atoms with van der Waals surface area (Å²) in [5.41, 5.74) is -0.913. The Morgan fingerprint density at radius 3 is 2.38 bits per heavy atom. The maximum atomic E-state index is 13.1. The molecule has 1 aliphatic rings. The number of nitrogens with one attached hydrogen (secondary N) is 1. The molecule has 1 aromatic rings. The van der Waals surface area contributed by atoms with E-state index in [0.29, 0.717) is 12.8 Å². The van der Waals surface area contributed by atoms with Crippen molar-refractivity contribution < 1.29 is 18.0 Å².